The van der Waals surface area contributed by atoms with Gasteiger partial charge in [0.2, 0.25) is 0 Å². The fraction of sp³-hybridized carbons (Fsp3) is 0.182. The first-order valence-electron chi connectivity index (χ1n) is 13.0. The molecule has 7 nitrogen and oxygen atoms in total. The molecule has 0 aliphatic carbocycles. The highest BCUT2D eigenvalue weighted by atomic mass is 16.5. The molecule has 0 radical (unpaired) electrons. The summed E-state index contributed by atoms with van der Waals surface area (Å²) in [5.41, 5.74) is 5.21. The first kappa shape index (κ1) is 26.7. The number of rotatable bonds is 7. The highest BCUT2D eigenvalue weighted by Crippen LogP contribution is 2.39. The Kier molecular flexibility index (Phi) is 7.64. The molecule has 0 unspecified atom stereocenters. The van der Waals surface area contributed by atoms with Crippen molar-refractivity contribution in [2.75, 3.05) is 14.2 Å². The summed E-state index contributed by atoms with van der Waals surface area (Å²) in [7, 11) is 3.16. The number of benzene rings is 4. The normalized spacial score (nSPS) is 14.4. The molecule has 1 amide bonds. The van der Waals surface area contributed by atoms with Crippen molar-refractivity contribution in [1.29, 1.82) is 0 Å². The Bertz CT molecular complexity index is 1580. The van der Waals surface area contributed by atoms with Gasteiger partial charge in [-0.1, -0.05) is 53.6 Å². The minimum Gasteiger partial charge on any atom is -0.493 e. The molecule has 0 bridgehead atoms. The number of aryl methyl sites for hydroxylation is 2. The smallest absolute Gasteiger partial charge is 0.343 e. The van der Waals surface area contributed by atoms with Gasteiger partial charge >= 0.3 is 5.97 Å². The van der Waals surface area contributed by atoms with E-state index in [1.807, 2.05) is 68.4 Å². The number of amides is 1. The third-order valence-corrected chi connectivity index (χ3v) is 6.90. The van der Waals surface area contributed by atoms with Gasteiger partial charge in [0.15, 0.2) is 11.5 Å². The highest BCUT2D eigenvalue weighted by Gasteiger charge is 2.35. The fourth-order valence-electron chi connectivity index (χ4n) is 4.65. The van der Waals surface area contributed by atoms with Crippen molar-refractivity contribution in [1.82, 2.24) is 5.01 Å². The molecule has 0 spiro atoms. The van der Waals surface area contributed by atoms with E-state index in [4.69, 9.17) is 19.3 Å². The molecule has 0 saturated carbocycles. The summed E-state index contributed by atoms with van der Waals surface area (Å²) in [6.07, 6.45) is 0.409. The molecule has 0 saturated heterocycles. The Morgan fingerprint density at radius 2 is 1.38 bits per heavy atom. The van der Waals surface area contributed by atoms with Gasteiger partial charge in [0.05, 0.1) is 31.5 Å². The van der Waals surface area contributed by atoms with Crippen LogP contribution in [0.4, 0.5) is 0 Å². The number of hydrogen-bond acceptors (Lipinski definition) is 6. The van der Waals surface area contributed by atoms with Crippen molar-refractivity contribution in [2.24, 2.45) is 5.10 Å². The van der Waals surface area contributed by atoms with E-state index in [0.717, 1.165) is 16.7 Å². The first-order chi connectivity index (χ1) is 19.4. The molecule has 1 atom stereocenters. The maximum Gasteiger partial charge on any atom is 0.343 e. The molecular weight excluding hydrogens is 504 g/mol. The lowest BCUT2D eigenvalue weighted by Crippen LogP contribution is -2.27. The van der Waals surface area contributed by atoms with E-state index in [2.05, 4.69) is 0 Å². The standard InChI is InChI=1S/C33H30N2O5/c1-21-9-13-23(14-10-21)32(36)35-28(25-17-18-30(38-3)31(19-25)39-4)20-27(34-35)26-7-5-6-8-29(26)40-33(37)24-15-11-22(2)12-16-24/h5-19,28H,20H2,1-4H3/t28-/m1/s1. The van der Waals surface area contributed by atoms with Gasteiger partial charge < -0.3 is 14.2 Å². The predicted molar refractivity (Wildman–Crippen MR) is 153 cm³/mol. The van der Waals surface area contributed by atoms with Crippen molar-refractivity contribution >= 4 is 17.6 Å². The van der Waals surface area contributed by atoms with Crippen molar-refractivity contribution in [2.45, 2.75) is 26.3 Å². The topological polar surface area (TPSA) is 77.4 Å². The van der Waals surface area contributed by atoms with E-state index < -0.39 is 12.0 Å². The van der Waals surface area contributed by atoms with Crippen LogP contribution in [0.5, 0.6) is 17.2 Å². The van der Waals surface area contributed by atoms with Crippen LogP contribution in [0.25, 0.3) is 0 Å². The maximum atomic E-state index is 13.7. The number of nitrogens with zero attached hydrogens (tertiary/aromatic N) is 2. The van der Waals surface area contributed by atoms with E-state index in [9.17, 15) is 9.59 Å². The fourth-order valence-corrected chi connectivity index (χ4v) is 4.65. The summed E-state index contributed by atoms with van der Waals surface area (Å²) in [5.74, 6) is 0.834. The molecule has 202 valence electrons. The summed E-state index contributed by atoms with van der Waals surface area (Å²) >= 11 is 0. The summed E-state index contributed by atoms with van der Waals surface area (Å²) in [6, 6.07) is 27.0. The molecule has 5 rings (SSSR count). The second-order valence-corrected chi connectivity index (χ2v) is 9.65. The molecule has 40 heavy (non-hydrogen) atoms. The van der Waals surface area contributed by atoms with Crippen LogP contribution in [0.3, 0.4) is 0 Å². The predicted octanol–water partition coefficient (Wildman–Crippen LogP) is 6.53. The molecule has 1 aliphatic heterocycles. The lowest BCUT2D eigenvalue weighted by molar-refractivity contribution is 0.0708. The largest absolute Gasteiger partial charge is 0.493 e. The number of methoxy groups -OCH3 is 2. The summed E-state index contributed by atoms with van der Waals surface area (Å²) < 4.78 is 16.8. The molecule has 7 heteroatoms. The maximum absolute atomic E-state index is 13.7. The second-order valence-electron chi connectivity index (χ2n) is 9.65. The van der Waals surface area contributed by atoms with Gasteiger partial charge in [-0.25, -0.2) is 9.80 Å². The van der Waals surface area contributed by atoms with Gasteiger partial charge in [-0.2, -0.15) is 5.10 Å². The van der Waals surface area contributed by atoms with E-state index in [0.29, 0.717) is 46.1 Å². The minimum atomic E-state index is -0.463. The summed E-state index contributed by atoms with van der Waals surface area (Å²) in [5, 5.41) is 6.30. The summed E-state index contributed by atoms with van der Waals surface area (Å²) in [6.45, 7) is 3.93. The molecule has 1 aliphatic rings. The first-order valence-corrected chi connectivity index (χ1v) is 13.0. The average Bonchev–Trinajstić information content (AvgIpc) is 3.42. The zero-order valence-corrected chi connectivity index (χ0v) is 22.9. The molecule has 1 heterocycles. The van der Waals surface area contributed by atoms with Crippen LogP contribution in [0, 0.1) is 13.8 Å². The number of hydrazone groups is 1. The number of carbonyl (C=O) groups excluding carboxylic acids is 2. The van der Waals surface area contributed by atoms with E-state index in [-0.39, 0.29) is 5.91 Å². The lowest BCUT2D eigenvalue weighted by Gasteiger charge is -2.23. The molecule has 0 fully saturated rings. The molecule has 0 N–H and O–H groups in total. The van der Waals surface area contributed by atoms with Gasteiger partial charge in [0.25, 0.3) is 5.91 Å². The van der Waals surface area contributed by atoms with Crippen LogP contribution in [0.2, 0.25) is 0 Å². The lowest BCUT2D eigenvalue weighted by atomic mass is 9.97. The minimum absolute atomic E-state index is 0.232. The van der Waals surface area contributed by atoms with Gasteiger partial charge in [-0.05, 0) is 67.9 Å². The summed E-state index contributed by atoms with van der Waals surface area (Å²) in [4.78, 5) is 26.7. The van der Waals surface area contributed by atoms with E-state index in [1.165, 1.54) is 5.01 Å². The van der Waals surface area contributed by atoms with Crippen LogP contribution in [-0.4, -0.2) is 36.8 Å². The van der Waals surface area contributed by atoms with Gasteiger partial charge in [-0.3, -0.25) is 4.79 Å². The zero-order valence-electron chi connectivity index (χ0n) is 22.9. The third kappa shape index (κ3) is 5.45. The monoisotopic (exact) mass is 534 g/mol. The van der Waals surface area contributed by atoms with Crippen LogP contribution < -0.4 is 14.2 Å². The number of hydrogen-bond donors (Lipinski definition) is 0. The Morgan fingerprint density at radius 3 is 2.02 bits per heavy atom. The molecular formula is C33H30N2O5. The third-order valence-electron chi connectivity index (χ3n) is 6.90. The Hall–Kier alpha value is -4.91. The van der Waals surface area contributed by atoms with Crippen molar-refractivity contribution < 1.29 is 23.8 Å². The van der Waals surface area contributed by atoms with Crippen LogP contribution in [0.15, 0.2) is 96.1 Å². The molecule has 0 aromatic heterocycles. The van der Waals surface area contributed by atoms with Crippen LogP contribution in [-0.2, 0) is 0 Å². The van der Waals surface area contributed by atoms with Crippen LogP contribution >= 0.6 is 0 Å². The quantitative estimate of drug-likeness (QED) is 0.199. The number of ether oxygens (including phenoxy) is 3. The van der Waals surface area contributed by atoms with Crippen molar-refractivity contribution in [3.05, 3.63) is 124 Å². The second kappa shape index (κ2) is 11.5. The number of para-hydroxylation sites is 1. The average molecular weight is 535 g/mol. The molecule has 4 aromatic carbocycles. The Morgan fingerprint density at radius 1 is 0.750 bits per heavy atom. The van der Waals surface area contributed by atoms with Gasteiger partial charge in [-0.15, -0.1) is 0 Å². The number of esters is 1. The Labute approximate surface area is 233 Å². The van der Waals surface area contributed by atoms with Crippen molar-refractivity contribution in [3.8, 4) is 17.2 Å². The van der Waals surface area contributed by atoms with Gasteiger partial charge in [0, 0.05) is 17.5 Å². The van der Waals surface area contributed by atoms with E-state index in [1.54, 1.807) is 50.6 Å². The van der Waals surface area contributed by atoms with Gasteiger partial charge in [0.1, 0.15) is 5.75 Å². The highest BCUT2D eigenvalue weighted by molar-refractivity contribution is 6.07. The van der Waals surface area contributed by atoms with E-state index >= 15 is 0 Å². The number of carbonyl (C=O) groups is 2. The molecule has 4 aromatic rings. The zero-order chi connectivity index (χ0) is 28.2. The van der Waals surface area contributed by atoms with Crippen LogP contribution in [0.1, 0.15) is 55.4 Å². The van der Waals surface area contributed by atoms with Crippen molar-refractivity contribution in [3.63, 3.8) is 0 Å². The SMILES string of the molecule is COc1ccc([C@H]2CC(c3ccccc3OC(=O)c3ccc(C)cc3)=NN2C(=O)c2ccc(C)cc2)cc1OC. The Balaban J connectivity index is 1.52.